The summed E-state index contributed by atoms with van der Waals surface area (Å²) in [7, 11) is 1.70. The lowest BCUT2D eigenvalue weighted by molar-refractivity contribution is 0.289. The monoisotopic (exact) mass is 299 g/mol. The highest BCUT2D eigenvalue weighted by molar-refractivity contribution is 5.49. The second kappa shape index (κ2) is 8.32. The predicted octanol–water partition coefficient (Wildman–Crippen LogP) is 4.73. The summed E-state index contributed by atoms with van der Waals surface area (Å²) in [6.07, 6.45) is 1.07. The van der Waals surface area contributed by atoms with E-state index in [2.05, 4.69) is 25.2 Å². The molecule has 2 rings (SSSR count). The van der Waals surface area contributed by atoms with Gasteiger partial charge in [-0.3, -0.25) is 0 Å². The van der Waals surface area contributed by atoms with Crippen molar-refractivity contribution in [3.63, 3.8) is 0 Å². The Balaban J connectivity index is 1.92. The molecule has 2 aromatic rings. The van der Waals surface area contributed by atoms with Crippen molar-refractivity contribution in [3.05, 3.63) is 54.1 Å². The Bertz CT molecular complexity index is 581. The molecule has 22 heavy (non-hydrogen) atoms. The maximum atomic E-state index is 5.79. The van der Waals surface area contributed by atoms with Crippen LogP contribution in [0.3, 0.4) is 0 Å². The molecule has 0 saturated carbocycles. The highest BCUT2D eigenvalue weighted by atomic mass is 16.5. The highest BCUT2D eigenvalue weighted by Crippen LogP contribution is 2.21. The molecule has 118 valence electrons. The molecule has 0 aliphatic carbocycles. The van der Waals surface area contributed by atoms with Gasteiger partial charge in [-0.2, -0.15) is 0 Å². The van der Waals surface area contributed by atoms with Crippen molar-refractivity contribution in [1.29, 1.82) is 0 Å². The van der Waals surface area contributed by atoms with Crippen LogP contribution in [-0.2, 0) is 6.54 Å². The van der Waals surface area contributed by atoms with E-state index in [-0.39, 0.29) is 0 Å². The lowest BCUT2D eigenvalue weighted by Gasteiger charge is -2.12. The fraction of sp³-hybridized carbons (Fsp3) is 0.368. The molecule has 0 bridgehead atoms. The van der Waals surface area contributed by atoms with E-state index in [4.69, 9.17) is 9.47 Å². The zero-order chi connectivity index (χ0) is 15.8. The van der Waals surface area contributed by atoms with Crippen LogP contribution in [0.5, 0.6) is 11.5 Å². The van der Waals surface area contributed by atoms with E-state index in [0.29, 0.717) is 5.92 Å². The number of methoxy groups -OCH3 is 1. The van der Waals surface area contributed by atoms with E-state index in [1.165, 1.54) is 0 Å². The van der Waals surface area contributed by atoms with Crippen LogP contribution in [0.2, 0.25) is 0 Å². The molecule has 0 amide bonds. The van der Waals surface area contributed by atoms with Crippen molar-refractivity contribution < 1.29 is 9.47 Å². The zero-order valence-corrected chi connectivity index (χ0v) is 13.6. The first kappa shape index (κ1) is 16.2. The minimum Gasteiger partial charge on any atom is -0.496 e. The third-order valence-electron chi connectivity index (χ3n) is 3.47. The van der Waals surface area contributed by atoms with E-state index in [1.54, 1.807) is 7.11 Å². The molecule has 0 heterocycles. The summed E-state index contributed by atoms with van der Waals surface area (Å²) in [5.41, 5.74) is 2.18. The molecule has 0 aliphatic rings. The van der Waals surface area contributed by atoms with Crippen molar-refractivity contribution in [3.8, 4) is 11.5 Å². The van der Waals surface area contributed by atoms with E-state index >= 15 is 0 Å². The molecule has 0 aliphatic heterocycles. The van der Waals surface area contributed by atoms with Crippen LogP contribution in [0.15, 0.2) is 48.5 Å². The van der Waals surface area contributed by atoms with Gasteiger partial charge in [0.15, 0.2) is 0 Å². The third-order valence-corrected chi connectivity index (χ3v) is 3.47. The van der Waals surface area contributed by atoms with Crippen LogP contribution in [-0.4, -0.2) is 13.7 Å². The molecule has 3 heteroatoms. The molecule has 0 spiro atoms. The molecular formula is C19H25NO2. The number of hydrogen-bond acceptors (Lipinski definition) is 3. The smallest absolute Gasteiger partial charge is 0.123 e. The number of hydrogen-bond donors (Lipinski definition) is 1. The van der Waals surface area contributed by atoms with Gasteiger partial charge in [-0.15, -0.1) is 0 Å². The highest BCUT2D eigenvalue weighted by Gasteiger charge is 2.02. The summed E-state index contributed by atoms with van der Waals surface area (Å²) in [5, 5.41) is 3.42. The predicted molar refractivity (Wildman–Crippen MR) is 91.7 cm³/mol. The fourth-order valence-electron chi connectivity index (χ4n) is 2.15. The quantitative estimate of drug-likeness (QED) is 0.764. The molecule has 0 fully saturated rings. The molecule has 0 atom stereocenters. The van der Waals surface area contributed by atoms with Crippen molar-refractivity contribution in [2.24, 2.45) is 5.92 Å². The van der Waals surface area contributed by atoms with Gasteiger partial charge < -0.3 is 14.8 Å². The lowest BCUT2D eigenvalue weighted by atomic mass is 10.1. The summed E-state index contributed by atoms with van der Waals surface area (Å²) in [4.78, 5) is 0. The van der Waals surface area contributed by atoms with Gasteiger partial charge in [0.25, 0.3) is 0 Å². The summed E-state index contributed by atoms with van der Waals surface area (Å²) in [6.45, 7) is 5.89. The minimum atomic E-state index is 0.659. The topological polar surface area (TPSA) is 30.5 Å². The van der Waals surface area contributed by atoms with E-state index in [0.717, 1.165) is 42.3 Å². The molecular weight excluding hydrogens is 274 g/mol. The van der Waals surface area contributed by atoms with Crippen LogP contribution in [0.25, 0.3) is 0 Å². The zero-order valence-electron chi connectivity index (χ0n) is 13.6. The summed E-state index contributed by atoms with van der Waals surface area (Å²) in [6, 6.07) is 16.1. The average Bonchev–Trinajstić information content (AvgIpc) is 2.53. The maximum Gasteiger partial charge on any atom is 0.123 e. The molecule has 0 aromatic heterocycles. The van der Waals surface area contributed by atoms with Gasteiger partial charge in [0.1, 0.15) is 11.5 Å². The van der Waals surface area contributed by atoms with Crippen LogP contribution in [0.4, 0.5) is 5.69 Å². The standard InChI is InChI=1S/C19H25NO2/c1-15(2)11-12-22-18-9-6-8-17(13-18)20-14-16-7-4-5-10-19(16)21-3/h4-10,13,15,20H,11-12,14H2,1-3H3. The normalized spacial score (nSPS) is 10.5. The van der Waals surface area contributed by atoms with Crippen molar-refractivity contribution >= 4 is 5.69 Å². The van der Waals surface area contributed by atoms with Gasteiger partial charge in [-0.25, -0.2) is 0 Å². The first-order chi connectivity index (χ1) is 10.7. The largest absolute Gasteiger partial charge is 0.496 e. The lowest BCUT2D eigenvalue weighted by Crippen LogP contribution is -2.03. The molecule has 3 nitrogen and oxygen atoms in total. The Morgan fingerprint density at radius 2 is 1.86 bits per heavy atom. The molecule has 0 unspecified atom stereocenters. The second-order valence-corrected chi connectivity index (χ2v) is 5.72. The van der Waals surface area contributed by atoms with Gasteiger partial charge in [0, 0.05) is 23.9 Å². The summed E-state index contributed by atoms with van der Waals surface area (Å²) in [5.74, 6) is 2.47. The van der Waals surface area contributed by atoms with Gasteiger partial charge in [0.2, 0.25) is 0 Å². The number of anilines is 1. The van der Waals surface area contributed by atoms with E-state index in [1.807, 2.05) is 42.5 Å². The summed E-state index contributed by atoms with van der Waals surface area (Å²) < 4.78 is 11.2. The van der Waals surface area contributed by atoms with Crippen molar-refractivity contribution in [2.45, 2.75) is 26.8 Å². The first-order valence-electron chi connectivity index (χ1n) is 7.77. The van der Waals surface area contributed by atoms with Gasteiger partial charge in [-0.05, 0) is 30.5 Å². The Morgan fingerprint density at radius 3 is 2.64 bits per heavy atom. The molecule has 0 saturated heterocycles. The van der Waals surface area contributed by atoms with Crippen molar-refractivity contribution in [1.82, 2.24) is 0 Å². The Kier molecular flexibility index (Phi) is 6.13. The number of para-hydroxylation sites is 1. The van der Waals surface area contributed by atoms with Crippen LogP contribution in [0, 0.1) is 5.92 Å². The summed E-state index contributed by atoms with van der Waals surface area (Å²) >= 11 is 0. The number of rotatable bonds is 8. The van der Waals surface area contributed by atoms with E-state index in [9.17, 15) is 0 Å². The number of nitrogens with one attached hydrogen (secondary N) is 1. The minimum absolute atomic E-state index is 0.659. The molecule has 2 aromatic carbocycles. The molecule has 1 N–H and O–H groups in total. The number of benzene rings is 2. The van der Waals surface area contributed by atoms with Gasteiger partial charge >= 0.3 is 0 Å². The van der Waals surface area contributed by atoms with E-state index < -0.39 is 0 Å². The van der Waals surface area contributed by atoms with Gasteiger partial charge in [0.05, 0.1) is 13.7 Å². The van der Waals surface area contributed by atoms with Gasteiger partial charge in [-0.1, -0.05) is 38.1 Å². The maximum absolute atomic E-state index is 5.79. The van der Waals surface area contributed by atoms with Crippen molar-refractivity contribution in [2.75, 3.05) is 19.0 Å². The number of ether oxygens (including phenoxy) is 2. The Morgan fingerprint density at radius 1 is 1.05 bits per heavy atom. The Hall–Kier alpha value is -2.16. The SMILES string of the molecule is COc1ccccc1CNc1cccc(OCCC(C)C)c1. The van der Waals surface area contributed by atoms with Crippen LogP contribution in [0.1, 0.15) is 25.8 Å². The Labute approximate surface area is 133 Å². The van der Waals surface area contributed by atoms with Crippen LogP contribution < -0.4 is 14.8 Å². The fourth-order valence-corrected chi connectivity index (χ4v) is 2.15. The second-order valence-electron chi connectivity index (χ2n) is 5.72. The third kappa shape index (κ3) is 4.99. The average molecular weight is 299 g/mol. The molecule has 0 radical (unpaired) electrons. The van der Waals surface area contributed by atoms with Crippen LogP contribution >= 0.6 is 0 Å². The first-order valence-corrected chi connectivity index (χ1v) is 7.77.